The van der Waals surface area contributed by atoms with Crippen molar-refractivity contribution in [2.75, 3.05) is 30.9 Å². The van der Waals surface area contributed by atoms with Crippen molar-refractivity contribution in [1.82, 2.24) is 4.98 Å². The molecule has 1 aliphatic heterocycles. The van der Waals surface area contributed by atoms with Gasteiger partial charge in [-0.1, -0.05) is 0 Å². The van der Waals surface area contributed by atoms with Gasteiger partial charge in [-0.3, -0.25) is 4.79 Å². The molecule has 1 saturated heterocycles. The number of hydrogen-bond acceptors (Lipinski definition) is 5. The third-order valence-electron chi connectivity index (χ3n) is 3.23. The van der Waals surface area contributed by atoms with E-state index in [0.717, 1.165) is 26.1 Å². The lowest BCUT2D eigenvalue weighted by Crippen LogP contribution is -2.38. The second kappa shape index (κ2) is 5.22. The lowest BCUT2D eigenvalue weighted by atomic mass is 10.1. The van der Waals surface area contributed by atoms with E-state index in [2.05, 4.69) is 4.98 Å². The van der Waals surface area contributed by atoms with Crippen molar-refractivity contribution >= 4 is 17.4 Å². The maximum Gasteiger partial charge on any atom is 0.252 e. The third-order valence-corrected chi connectivity index (χ3v) is 3.23. The van der Waals surface area contributed by atoms with Crippen LogP contribution in [-0.2, 0) is 4.74 Å². The van der Waals surface area contributed by atoms with Gasteiger partial charge >= 0.3 is 0 Å². The molecule has 0 aromatic carbocycles. The van der Waals surface area contributed by atoms with Crippen LogP contribution in [0.2, 0.25) is 0 Å². The highest BCUT2D eigenvalue weighted by Gasteiger charge is 2.23. The number of rotatable bonds is 3. The monoisotopic (exact) mass is 250 g/mol. The number of amides is 1. The molecule has 0 atom stereocenters. The predicted octanol–water partition coefficient (Wildman–Crippen LogP) is 0.378. The first-order chi connectivity index (χ1) is 8.59. The van der Waals surface area contributed by atoms with Gasteiger partial charge in [0.15, 0.2) is 0 Å². The molecule has 0 aliphatic carbocycles. The van der Waals surface area contributed by atoms with E-state index < -0.39 is 5.91 Å². The minimum absolute atomic E-state index is 0.313. The number of anilines is 2. The zero-order valence-corrected chi connectivity index (χ0v) is 10.4. The number of nitrogen functional groups attached to an aromatic ring is 1. The van der Waals surface area contributed by atoms with Crippen molar-refractivity contribution in [1.29, 1.82) is 0 Å². The van der Waals surface area contributed by atoms with E-state index >= 15 is 0 Å². The van der Waals surface area contributed by atoms with Crippen LogP contribution in [0.5, 0.6) is 0 Å². The smallest absolute Gasteiger partial charge is 0.252 e. The average molecular weight is 250 g/mol. The fourth-order valence-electron chi connectivity index (χ4n) is 2.18. The summed E-state index contributed by atoms with van der Waals surface area (Å²) in [5, 5.41) is 0. The quantitative estimate of drug-likeness (QED) is 0.808. The van der Waals surface area contributed by atoms with Crippen LogP contribution in [0, 0.1) is 0 Å². The van der Waals surface area contributed by atoms with Crippen LogP contribution in [0.3, 0.4) is 0 Å². The summed E-state index contributed by atoms with van der Waals surface area (Å²) in [6.45, 7) is 1.46. The number of pyridine rings is 1. The highest BCUT2D eigenvalue weighted by molar-refractivity contribution is 5.98. The molecule has 1 aromatic heterocycles. The molecule has 6 nitrogen and oxygen atoms in total. The summed E-state index contributed by atoms with van der Waals surface area (Å²) in [6, 6.07) is 1.88. The van der Waals surface area contributed by atoms with Crippen molar-refractivity contribution in [2.24, 2.45) is 5.73 Å². The first-order valence-electron chi connectivity index (χ1n) is 5.95. The van der Waals surface area contributed by atoms with Crippen LogP contribution < -0.4 is 16.4 Å². The second-order valence-electron chi connectivity index (χ2n) is 4.46. The maximum atomic E-state index is 11.4. The Morgan fingerprint density at radius 1 is 1.50 bits per heavy atom. The van der Waals surface area contributed by atoms with Crippen molar-refractivity contribution in [3.8, 4) is 0 Å². The van der Waals surface area contributed by atoms with Crippen LogP contribution >= 0.6 is 0 Å². The average Bonchev–Trinajstić information content (AvgIpc) is 2.39. The number of primary amides is 1. The first-order valence-corrected chi connectivity index (χ1v) is 5.95. The summed E-state index contributed by atoms with van der Waals surface area (Å²) in [4.78, 5) is 17.7. The van der Waals surface area contributed by atoms with Crippen molar-refractivity contribution in [3.63, 3.8) is 0 Å². The molecule has 98 valence electrons. The number of aromatic nitrogens is 1. The standard InChI is InChI=1S/C12H18N4O2/c1-16(9-2-4-18-5-3-9)12-10(11(14)17)6-8(13)7-15-12/h6-7,9H,2-5,13H2,1H3,(H2,14,17). The van der Waals surface area contributed by atoms with Gasteiger partial charge < -0.3 is 21.1 Å². The molecule has 0 spiro atoms. The zero-order valence-electron chi connectivity index (χ0n) is 10.4. The lowest BCUT2D eigenvalue weighted by molar-refractivity contribution is 0.0853. The molecule has 2 rings (SSSR count). The molecule has 0 unspecified atom stereocenters. The van der Waals surface area contributed by atoms with Gasteiger partial charge in [0.1, 0.15) is 5.82 Å². The Kier molecular flexibility index (Phi) is 3.66. The van der Waals surface area contributed by atoms with Gasteiger partial charge in [0, 0.05) is 26.3 Å². The second-order valence-corrected chi connectivity index (χ2v) is 4.46. The van der Waals surface area contributed by atoms with Crippen molar-refractivity contribution in [2.45, 2.75) is 18.9 Å². The van der Waals surface area contributed by atoms with Gasteiger partial charge in [-0.05, 0) is 18.9 Å². The first kappa shape index (κ1) is 12.6. The van der Waals surface area contributed by atoms with Gasteiger partial charge in [0.25, 0.3) is 5.91 Å². The van der Waals surface area contributed by atoms with Gasteiger partial charge in [0.2, 0.25) is 0 Å². The highest BCUT2D eigenvalue weighted by atomic mass is 16.5. The van der Waals surface area contributed by atoms with Crippen LogP contribution in [-0.4, -0.2) is 37.2 Å². The van der Waals surface area contributed by atoms with Crippen molar-refractivity contribution in [3.05, 3.63) is 17.8 Å². The summed E-state index contributed by atoms with van der Waals surface area (Å²) >= 11 is 0. The third kappa shape index (κ3) is 2.53. The van der Waals surface area contributed by atoms with Gasteiger partial charge in [-0.2, -0.15) is 0 Å². The minimum Gasteiger partial charge on any atom is -0.397 e. The van der Waals surface area contributed by atoms with E-state index in [1.54, 1.807) is 6.07 Å². The van der Waals surface area contributed by atoms with Gasteiger partial charge in [0.05, 0.1) is 17.4 Å². The van der Waals surface area contributed by atoms with Crippen LogP contribution in [0.25, 0.3) is 0 Å². The Bertz CT molecular complexity index is 444. The Hall–Kier alpha value is -1.82. The largest absolute Gasteiger partial charge is 0.397 e. The molecule has 6 heteroatoms. The molecule has 4 N–H and O–H groups in total. The summed E-state index contributed by atoms with van der Waals surface area (Å²) in [5.74, 6) is 0.0762. The number of carbonyl (C=O) groups is 1. The molecule has 0 saturated carbocycles. The molecule has 1 amide bonds. The molecule has 18 heavy (non-hydrogen) atoms. The summed E-state index contributed by atoms with van der Waals surface area (Å²) in [6.07, 6.45) is 3.37. The van der Waals surface area contributed by atoms with E-state index in [-0.39, 0.29) is 0 Å². The van der Waals surface area contributed by atoms with E-state index in [4.69, 9.17) is 16.2 Å². The zero-order chi connectivity index (χ0) is 13.1. The summed E-state index contributed by atoms with van der Waals surface area (Å²) in [5.41, 5.74) is 11.8. The Morgan fingerprint density at radius 2 is 2.17 bits per heavy atom. The fraction of sp³-hybridized carbons (Fsp3) is 0.500. The Labute approximate surface area is 106 Å². The number of carbonyl (C=O) groups excluding carboxylic acids is 1. The summed E-state index contributed by atoms with van der Waals surface area (Å²) < 4.78 is 5.32. The van der Waals surface area contributed by atoms with E-state index in [1.807, 2.05) is 11.9 Å². The highest BCUT2D eigenvalue weighted by Crippen LogP contribution is 2.24. The van der Waals surface area contributed by atoms with E-state index in [9.17, 15) is 4.79 Å². The fourth-order valence-corrected chi connectivity index (χ4v) is 2.18. The minimum atomic E-state index is -0.510. The molecule has 0 bridgehead atoms. The van der Waals surface area contributed by atoms with Crippen LogP contribution in [0.15, 0.2) is 12.3 Å². The lowest BCUT2D eigenvalue weighted by Gasteiger charge is -2.32. The number of ether oxygens (including phenoxy) is 1. The predicted molar refractivity (Wildman–Crippen MR) is 69.4 cm³/mol. The van der Waals surface area contributed by atoms with Crippen LogP contribution in [0.4, 0.5) is 11.5 Å². The number of nitrogens with zero attached hydrogens (tertiary/aromatic N) is 2. The van der Waals surface area contributed by atoms with Gasteiger partial charge in [-0.15, -0.1) is 0 Å². The van der Waals surface area contributed by atoms with Crippen LogP contribution in [0.1, 0.15) is 23.2 Å². The van der Waals surface area contributed by atoms with E-state index in [1.165, 1.54) is 6.20 Å². The molecular formula is C12H18N4O2. The number of hydrogen-bond donors (Lipinski definition) is 2. The van der Waals surface area contributed by atoms with E-state index in [0.29, 0.717) is 23.1 Å². The SMILES string of the molecule is CN(c1ncc(N)cc1C(N)=O)C1CCOCC1. The topological polar surface area (TPSA) is 94.5 Å². The summed E-state index contributed by atoms with van der Waals surface area (Å²) in [7, 11) is 1.92. The molecule has 1 fully saturated rings. The Morgan fingerprint density at radius 3 is 2.78 bits per heavy atom. The number of nitrogens with two attached hydrogens (primary N) is 2. The maximum absolute atomic E-state index is 11.4. The molecule has 0 radical (unpaired) electrons. The molecule has 1 aliphatic rings. The normalized spacial score (nSPS) is 16.5. The van der Waals surface area contributed by atoms with Crippen molar-refractivity contribution < 1.29 is 9.53 Å². The molecular weight excluding hydrogens is 232 g/mol. The molecule has 1 aromatic rings. The molecule has 2 heterocycles. The van der Waals surface area contributed by atoms with Gasteiger partial charge in [-0.25, -0.2) is 4.98 Å². The Balaban J connectivity index is 2.28.